The van der Waals surface area contributed by atoms with Gasteiger partial charge in [0, 0.05) is 13.7 Å². The number of hydrogen-bond acceptors (Lipinski definition) is 6. The number of methoxy groups -OCH3 is 1. The first kappa shape index (κ1) is 19.3. The minimum absolute atomic E-state index is 0.237. The van der Waals surface area contributed by atoms with Crippen molar-refractivity contribution < 1.29 is 25.2 Å². The molecule has 0 amide bonds. The third kappa shape index (κ3) is 4.99. The zero-order valence-electron chi connectivity index (χ0n) is 14.2. The van der Waals surface area contributed by atoms with Crippen molar-refractivity contribution in [3.05, 3.63) is 35.4 Å². The van der Waals surface area contributed by atoms with Gasteiger partial charge >= 0.3 is 0 Å². The maximum Gasteiger partial charge on any atom is 0.109 e. The minimum Gasteiger partial charge on any atom is -0.395 e. The zero-order chi connectivity index (χ0) is 17.5. The Kier molecular flexibility index (Phi) is 7.61. The minimum atomic E-state index is -1.20. The van der Waals surface area contributed by atoms with E-state index in [0.717, 1.165) is 19.3 Å². The van der Waals surface area contributed by atoms with E-state index < -0.39 is 24.4 Å². The monoisotopic (exact) mass is 339 g/mol. The van der Waals surface area contributed by atoms with Gasteiger partial charge < -0.3 is 25.2 Å². The number of aliphatic hydroxyl groups is 4. The Bertz CT molecular complexity index is 481. The molecule has 6 nitrogen and oxygen atoms in total. The van der Waals surface area contributed by atoms with E-state index in [4.69, 9.17) is 4.74 Å². The highest BCUT2D eigenvalue weighted by atomic mass is 16.5. The average molecular weight is 339 g/mol. The molecule has 1 aliphatic heterocycles. The van der Waals surface area contributed by atoms with Crippen molar-refractivity contribution in [2.45, 2.75) is 43.6 Å². The zero-order valence-corrected chi connectivity index (χ0v) is 14.2. The van der Waals surface area contributed by atoms with Gasteiger partial charge in [-0.1, -0.05) is 24.3 Å². The van der Waals surface area contributed by atoms with Crippen molar-refractivity contribution >= 4 is 0 Å². The second-order valence-electron chi connectivity index (χ2n) is 6.46. The summed E-state index contributed by atoms with van der Waals surface area (Å²) < 4.78 is 5.07. The van der Waals surface area contributed by atoms with Crippen LogP contribution >= 0.6 is 0 Å². The molecule has 6 heteroatoms. The van der Waals surface area contributed by atoms with Gasteiger partial charge in [0.15, 0.2) is 0 Å². The van der Waals surface area contributed by atoms with Crippen LogP contribution in [0.2, 0.25) is 0 Å². The second-order valence-corrected chi connectivity index (χ2v) is 6.46. The predicted molar refractivity (Wildman–Crippen MR) is 90.8 cm³/mol. The van der Waals surface area contributed by atoms with E-state index in [2.05, 4.69) is 24.3 Å². The molecule has 0 aromatic heterocycles. The van der Waals surface area contributed by atoms with Crippen LogP contribution in [0.1, 0.15) is 17.5 Å². The third-order valence-corrected chi connectivity index (χ3v) is 4.74. The van der Waals surface area contributed by atoms with Crippen LogP contribution in [0.15, 0.2) is 24.3 Å². The van der Waals surface area contributed by atoms with Crippen LogP contribution in [0, 0.1) is 0 Å². The number of piperidine rings is 1. The largest absolute Gasteiger partial charge is 0.395 e. The van der Waals surface area contributed by atoms with E-state index in [9.17, 15) is 20.4 Å². The first-order valence-electron chi connectivity index (χ1n) is 8.52. The maximum absolute atomic E-state index is 9.97. The molecule has 0 saturated carbocycles. The molecule has 1 heterocycles. The summed E-state index contributed by atoms with van der Waals surface area (Å²) in [5.41, 5.74) is 2.48. The van der Waals surface area contributed by atoms with E-state index in [0.29, 0.717) is 13.2 Å². The summed E-state index contributed by atoms with van der Waals surface area (Å²) in [6, 6.07) is 7.90. The van der Waals surface area contributed by atoms with Crippen molar-refractivity contribution in [1.29, 1.82) is 0 Å². The van der Waals surface area contributed by atoms with Crippen molar-refractivity contribution in [3.8, 4) is 0 Å². The van der Waals surface area contributed by atoms with Crippen molar-refractivity contribution in [3.63, 3.8) is 0 Å². The standard InChI is InChI=1S/C18H29NO5/c1-24-10-8-14-6-4-13(5-7-14)3-2-9-19-11-16(21)18(23)17(22)15(19)12-20/h4-7,15-18,20-23H,2-3,8-12H2,1H3. The number of aryl methyl sites for hydroxylation is 1. The van der Waals surface area contributed by atoms with E-state index in [1.165, 1.54) is 11.1 Å². The van der Waals surface area contributed by atoms with E-state index in [1.807, 2.05) is 4.90 Å². The number of ether oxygens (including phenoxy) is 1. The van der Waals surface area contributed by atoms with Crippen molar-refractivity contribution in [2.75, 3.05) is 33.4 Å². The molecule has 0 aliphatic carbocycles. The molecule has 2 rings (SSSR count). The second kappa shape index (κ2) is 9.46. The lowest BCUT2D eigenvalue weighted by molar-refractivity contribution is -0.145. The molecule has 1 fully saturated rings. The van der Waals surface area contributed by atoms with Crippen LogP contribution in [0.3, 0.4) is 0 Å². The first-order chi connectivity index (χ1) is 11.6. The molecule has 0 radical (unpaired) electrons. The summed E-state index contributed by atoms with van der Waals surface area (Å²) in [5.74, 6) is 0. The summed E-state index contributed by atoms with van der Waals surface area (Å²) in [6.07, 6.45) is -0.669. The van der Waals surface area contributed by atoms with Gasteiger partial charge in [0.25, 0.3) is 0 Å². The molecule has 24 heavy (non-hydrogen) atoms. The average Bonchev–Trinajstić information content (AvgIpc) is 2.59. The molecular weight excluding hydrogens is 310 g/mol. The Labute approximate surface area is 143 Å². The third-order valence-electron chi connectivity index (χ3n) is 4.74. The van der Waals surface area contributed by atoms with E-state index in [1.54, 1.807) is 7.11 Å². The summed E-state index contributed by atoms with van der Waals surface area (Å²) in [7, 11) is 1.70. The fourth-order valence-corrected chi connectivity index (χ4v) is 3.21. The highest BCUT2D eigenvalue weighted by Gasteiger charge is 2.40. The molecule has 4 unspecified atom stereocenters. The van der Waals surface area contributed by atoms with Crippen LogP contribution < -0.4 is 0 Å². The Hall–Kier alpha value is -1.02. The van der Waals surface area contributed by atoms with Gasteiger partial charge in [-0.25, -0.2) is 0 Å². The summed E-state index contributed by atoms with van der Waals surface area (Å²) in [4.78, 5) is 1.86. The number of benzene rings is 1. The van der Waals surface area contributed by atoms with Crippen molar-refractivity contribution in [2.24, 2.45) is 0 Å². The summed E-state index contributed by atoms with van der Waals surface area (Å²) in [5, 5.41) is 38.9. The van der Waals surface area contributed by atoms with Crippen LogP contribution in [0.25, 0.3) is 0 Å². The Balaban J connectivity index is 1.82. The van der Waals surface area contributed by atoms with Gasteiger partial charge in [0.2, 0.25) is 0 Å². The van der Waals surface area contributed by atoms with Gasteiger partial charge in [0.05, 0.1) is 25.4 Å². The molecule has 0 spiro atoms. The molecule has 1 aromatic carbocycles. The molecule has 1 aliphatic rings. The Morgan fingerprint density at radius 1 is 1.04 bits per heavy atom. The normalized spacial score (nSPS) is 28.2. The van der Waals surface area contributed by atoms with Crippen LogP contribution in [0.5, 0.6) is 0 Å². The SMILES string of the molecule is COCCc1ccc(CCCN2CC(O)C(O)C(O)C2CO)cc1. The number of aliphatic hydroxyl groups excluding tert-OH is 4. The van der Waals surface area contributed by atoms with E-state index in [-0.39, 0.29) is 13.2 Å². The topological polar surface area (TPSA) is 93.4 Å². The quantitative estimate of drug-likeness (QED) is 0.513. The Morgan fingerprint density at radius 3 is 2.25 bits per heavy atom. The smallest absolute Gasteiger partial charge is 0.109 e. The van der Waals surface area contributed by atoms with Crippen LogP contribution in [-0.2, 0) is 17.6 Å². The molecule has 4 atom stereocenters. The Morgan fingerprint density at radius 2 is 1.67 bits per heavy atom. The molecule has 4 N–H and O–H groups in total. The van der Waals surface area contributed by atoms with Crippen LogP contribution in [0.4, 0.5) is 0 Å². The van der Waals surface area contributed by atoms with Crippen LogP contribution in [-0.4, -0.2) is 83.1 Å². The highest BCUT2D eigenvalue weighted by Crippen LogP contribution is 2.19. The lowest BCUT2D eigenvalue weighted by Gasteiger charge is -2.43. The van der Waals surface area contributed by atoms with Gasteiger partial charge in [-0.05, 0) is 36.9 Å². The molecule has 0 bridgehead atoms. The lowest BCUT2D eigenvalue weighted by atomic mass is 9.94. The first-order valence-corrected chi connectivity index (χ1v) is 8.52. The summed E-state index contributed by atoms with van der Waals surface area (Å²) >= 11 is 0. The predicted octanol–water partition coefficient (Wildman–Crippen LogP) is -0.433. The van der Waals surface area contributed by atoms with Gasteiger partial charge in [-0.15, -0.1) is 0 Å². The molecule has 136 valence electrons. The van der Waals surface area contributed by atoms with E-state index >= 15 is 0 Å². The highest BCUT2D eigenvalue weighted by molar-refractivity contribution is 5.22. The number of nitrogens with zero attached hydrogens (tertiary/aromatic N) is 1. The maximum atomic E-state index is 9.97. The molecule has 1 aromatic rings. The number of β-amino-alcohol motifs (C(OH)–C–C–N with tert-alkyl or cyclic N) is 1. The van der Waals surface area contributed by atoms with Gasteiger partial charge in [-0.3, -0.25) is 4.90 Å². The van der Waals surface area contributed by atoms with Gasteiger partial charge in [0.1, 0.15) is 12.2 Å². The van der Waals surface area contributed by atoms with Crippen molar-refractivity contribution in [1.82, 2.24) is 4.90 Å². The molecule has 1 saturated heterocycles. The fourth-order valence-electron chi connectivity index (χ4n) is 3.21. The van der Waals surface area contributed by atoms with Gasteiger partial charge in [-0.2, -0.15) is 0 Å². The summed E-state index contributed by atoms with van der Waals surface area (Å²) in [6.45, 7) is 1.39. The number of likely N-dealkylation sites (tertiary alicyclic amines) is 1. The number of rotatable bonds is 8. The molecular formula is C18H29NO5. The lowest BCUT2D eigenvalue weighted by Crippen LogP contribution is -2.62. The fraction of sp³-hybridized carbons (Fsp3) is 0.667. The number of hydrogen-bond donors (Lipinski definition) is 4.